The van der Waals surface area contributed by atoms with E-state index in [4.69, 9.17) is 0 Å². The molecular weight excluding hydrogens is 348 g/mol. The normalized spacial score (nSPS) is 12.7. The molecule has 1 aromatic carbocycles. The topological polar surface area (TPSA) is 61.8 Å². The number of nitrogens with zero attached hydrogens (tertiary/aromatic N) is 4. The molecule has 7 heteroatoms. The molecule has 3 aromatic rings. The molecule has 6 nitrogen and oxygen atoms in total. The van der Waals surface area contributed by atoms with E-state index in [9.17, 15) is 9.59 Å². The molecule has 22 heavy (non-hydrogen) atoms. The van der Waals surface area contributed by atoms with Gasteiger partial charge in [0.15, 0.2) is 15.9 Å². The van der Waals surface area contributed by atoms with Crippen LogP contribution < -0.4 is 11.2 Å². The SMILES string of the molecule is C[C@@H](c1ccccc1)n1c(Br)nc2c1c(=O)n(C)c(=O)n2C. The Morgan fingerprint density at radius 1 is 1.09 bits per heavy atom. The monoisotopic (exact) mass is 362 g/mol. The van der Waals surface area contributed by atoms with Gasteiger partial charge in [-0.15, -0.1) is 0 Å². The minimum absolute atomic E-state index is 0.0919. The quantitative estimate of drug-likeness (QED) is 0.653. The first-order chi connectivity index (χ1) is 10.4. The average molecular weight is 363 g/mol. The van der Waals surface area contributed by atoms with Crippen LogP contribution in [0.5, 0.6) is 0 Å². The largest absolute Gasteiger partial charge is 0.332 e. The number of hydrogen-bond acceptors (Lipinski definition) is 3. The Balaban J connectivity index is 2.39. The highest BCUT2D eigenvalue weighted by Gasteiger charge is 2.21. The van der Waals surface area contributed by atoms with Crippen molar-refractivity contribution < 1.29 is 0 Å². The summed E-state index contributed by atoms with van der Waals surface area (Å²) < 4.78 is 4.82. The third-order valence-electron chi connectivity index (χ3n) is 3.92. The molecule has 0 spiro atoms. The Hall–Kier alpha value is -2.15. The molecule has 0 unspecified atom stereocenters. The van der Waals surface area contributed by atoms with Crippen LogP contribution in [0.3, 0.4) is 0 Å². The van der Waals surface area contributed by atoms with Gasteiger partial charge in [0.05, 0.1) is 6.04 Å². The van der Waals surface area contributed by atoms with E-state index in [1.54, 1.807) is 7.05 Å². The Kier molecular flexibility index (Phi) is 3.52. The van der Waals surface area contributed by atoms with Crippen LogP contribution in [-0.2, 0) is 14.1 Å². The first-order valence-electron chi connectivity index (χ1n) is 6.82. The summed E-state index contributed by atoms with van der Waals surface area (Å²) in [5.41, 5.74) is 1.11. The zero-order valence-corrected chi connectivity index (χ0v) is 14.0. The number of imidazole rings is 1. The van der Waals surface area contributed by atoms with E-state index < -0.39 is 0 Å². The fourth-order valence-corrected chi connectivity index (χ4v) is 3.27. The molecule has 2 heterocycles. The lowest BCUT2D eigenvalue weighted by atomic mass is 10.1. The molecule has 0 saturated carbocycles. The zero-order valence-electron chi connectivity index (χ0n) is 12.4. The van der Waals surface area contributed by atoms with E-state index in [0.717, 1.165) is 10.1 Å². The highest BCUT2D eigenvalue weighted by Crippen LogP contribution is 2.26. The standard InChI is InChI=1S/C15H15BrN4O2/c1-9(10-7-5-4-6-8-10)20-11-12(17-14(20)16)18(2)15(22)19(3)13(11)21/h4-9H,1-3H3/t9-/m0/s1. The number of aryl methyl sites for hydroxylation is 1. The van der Waals surface area contributed by atoms with Gasteiger partial charge >= 0.3 is 5.69 Å². The molecule has 0 fully saturated rings. The van der Waals surface area contributed by atoms with Gasteiger partial charge in [-0.3, -0.25) is 13.9 Å². The van der Waals surface area contributed by atoms with Gasteiger partial charge in [-0.2, -0.15) is 0 Å². The summed E-state index contributed by atoms with van der Waals surface area (Å²) in [6, 6.07) is 9.75. The van der Waals surface area contributed by atoms with Gasteiger partial charge in [0.25, 0.3) is 5.56 Å². The Morgan fingerprint density at radius 3 is 2.36 bits per heavy atom. The molecular formula is C15H15BrN4O2. The fraction of sp³-hybridized carbons (Fsp3) is 0.267. The summed E-state index contributed by atoms with van der Waals surface area (Å²) >= 11 is 3.41. The number of benzene rings is 1. The second-order valence-corrected chi connectivity index (χ2v) is 5.92. The minimum Gasteiger partial charge on any atom is -0.305 e. The predicted octanol–water partition coefficient (Wildman–Crippen LogP) is 1.81. The highest BCUT2D eigenvalue weighted by atomic mass is 79.9. The van der Waals surface area contributed by atoms with Crippen LogP contribution >= 0.6 is 15.9 Å². The molecule has 114 valence electrons. The van der Waals surface area contributed by atoms with Gasteiger partial charge in [-0.25, -0.2) is 9.78 Å². The summed E-state index contributed by atoms with van der Waals surface area (Å²) in [4.78, 5) is 28.9. The lowest BCUT2D eigenvalue weighted by Crippen LogP contribution is -2.37. The average Bonchev–Trinajstić information content (AvgIpc) is 2.88. The Bertz CT molecular complexity index is 969. The minimum atomic E-state index is -0.387. The van der Waals surface area contributed by atoms with Crippen molar-refractivity contribution in [3.8, 4) is 0 Å². The molecule has 3 rings (SSSR count). The summed E-state index contributed by atoms with van der Waals surface area (Å²) in [6.07, 6.45) is 0. The van der Waals surface area contributed by atoms with Crippen LogP contribution in [0.25, 0.3) is 11.2 Å². The van der Waals surface area contributed by atoms with Crippen LogP contribution in [0.4, 0.5) is 0 Å². The van der Waals surface area contributed by atoms with Crippen LogP contribution in [0.15, 0.2) is 44.7 Å². The van der Waals surface area contributed by atoms with Gasteiger partial charge in [0, 0.05) is 14.1 Å². The highest BCUT2D eigenvalue weighted by molar-refractivity contribution is 9.10. The number of halogens is 1. The summed E-state index contributed by atoms with van der Waals surface area (Å²) in [6.45, 7) is 1.99. The van der Waals surface area contributed by atoms with Crippen molar-refractivity contribution >= 4 is 27.1 Å². The molecule has 2 aromatic heterocycles. The molecule has 0 saturated heterocycles. The molecule has 0 amide bonds. The van der Waals surface area contributed by atoms with E-state index in [2.05, 4.69) is 20.9 Å². The molecule has 0 aliphatic rings. The van der Waals surface area contributed by atoms with Crippen molar-refractivity contribution in [3.63, 3.8) is 0 Å². The predicted molar refractivity (Wildman–Crippen MR) is 88.2 cm³/mol. The van der Waals surface area contributed by atoms with Gasteiger partial charge in [0.1, 0.15) is 0 Å². The van der Waals surface area contributed by atoms with E-state index in [1.807, 2.05) is 41.8 Å². The lowest BCUT2D eigenvalue weighted by molar-refractivity contribution is 0.634. The smallest absolute Gasteiger partial charge is 0.305 e. The molecule has 0 aliphatic heterocycles. The van der Waals surface area contributed by atoms with E-state index >= 15 is 0 Å². The van der Waals surface area contributed by atoms with Gasteiger partial charge in [-0.05, 0) is 28.4 Å². The van der Waals surface area contributed by atoms with Crippen LogP contribution in [0.2, 0.25) is 0 Å². The second-order valence-electron chi connectivity index (χ2n) is 5.22. The third-order valence-corrected chi connectivity index (χ3v) is 4.48. The third kappa shape index (κ3) is 2.04. The maximum atomic E-state index is 12.5. The first-order valence-corrected chi connectivity index (χ1v) is 7.61. The number of hydrogen-bond donors (Lipinski definition) is 0. The van der Waals surface area contributed by atoms with Crippen LogP contribution in [-0.4, -0.2) is 18.7 Å². The van der Waals surface area contributed by atoms with Crippen LogP contribution in [0, 0.1) is 0 Å². The van der Waals surface area contributed by atoms with Gasteiger partial charge < -0.3 is 4.57 Å². The Morgan fingerprint density at radius 2 is 1.73 bits per heavy atom. The number of aromatic nitrogens is 4. The van der Waals surface area contributed by atoms with E-state index in [0.29, 0.717) is 15.9 Å². The molecule has 0 aliphatic carbocycles. The number of rotatable bonds is 2. The van der Waals surface area contributed by atoms with Crippen molar-refractivity contribution in [1.82, 2.24) is 18.7 Å². The summed E-state index contributed by atoms with van der Waals surface area (Å²) in [5.74, 6) is 0. The maximum absolute atomic E-state index is 12.5. The fourth-order valence-electron chi connectivity index (χ4n) is 2.62. The van der Waals surface area contributed by atoms with Crippen molar-refractivity contribution in [2.75, 3.05) is 0 Å². The summed E-state index contributed by atoms with van der Waals surface area (Å²) in [7, 11) is 3.09. The van der Waals surface area contributed by atoms with Crippen molar-refractivity contribution in [1.29, 1.82) is 0 Å². The molecule has 0 radical (unpaired) electrons. The molecule has 0 N–H and O–H groups in total. The lowest BCUT2D eigenvalue weighted by Gasteiger charge is -2.16. The maximum Gasteiger partial charge on any atom is 0.332 e. The second kappa shape index (κ2) is 5.24. The molecule has 1 atom stereocenters. The van der Waals surface area contributed by atoms with Gasteiger partial charge in [-0.1, -0.05) is 30.3 Å². The number of fused-ring (bicyclic) bond motifs is 1. The molecule has 0 bridgehead atoms. The van der Waals surface area contributed by atoms with Crippen molar-refractivity contribution in [2.24, 2.45) is 14.1 Å². The van der Waals surface area contributed by atoms with Crippen LogP contribution in [0.1, 0.15) is 18.5 Å². The first kappa shape index (κ1) is 14.8. The van der Waals surface area contributed by atoms with Gasteiger partial charge in [0.2, 0.25) is 0 Å². The summed E-state index contributed by atoms with van der Waals surface area (Å²) in [5, 5.41) is 0. The van der Waals surface area contributed by atoms with E-state index in [-0.39, 0.29) is 17.3 Å². The Labute approximate surface area is 134 Å². The zero-order chi connectivity index (χ0) is 16.0. The van der Waals surface area contributed by atoms with E-state index in [1.165, 1.54) is 11.6 Å². The van der Waals surface area contributed by atoms with Crippen molar-refractivity contribution in [3.05, 3.63) is 61.5 Å². The van der Waals surface area contributed by atoms with Crippen molar-refractivity contribution in [2.45, 2.75) is 13.0 Å².